The first kappa shape index (κ1) is 15.7. The van der Waals surface area contributed by atoms with Gasteiger partial charge in [0, 0.05) is 24.8 Å². The Morgan fingerprint density at radius 2 is 2.00 bits per heavy atom. The molecule has 0 saturated carbocycles. The Hall–Kier alpha value is -1.31. The minimum Gasteiger partial charge on any atom is -0.405 e. The fraction of sp³-hybridized carbons (Fsp3) is 0.500. The van der Waals surface area contributed by atoms with E-state index in [1.54, 1.807) is 6.07 Å². The number of aliphatic hydroxyl groups is 1. The summed E-state index contributed by atoms with van der Waals surface area (Å²) in [4.78, 5) is 0. The summed E-state index contributed by atoms with van der Waals surface area (Å²) in [5.74, 6) is -0.262. The lowest BCUT2D eigenvalue weighted by Gasteiger charge is -2.21. The molecule has 0 bridgehead atoms. The Morgan fingerprint density at radius 3 is 2.58 bits per heavy atom. The van der Waals surface area contributed by atoms with Crippen LogP contribution >= 0.6 is 0 Å². The van der Waals surface area contributed by atoms with E-state index in [2.05, 4.69) is 10.1 Å². The van der Waals surface area contributed by atoms with Gasteiger partial charge in [-0.25, -0.2) is 0 Å². The van der Waals surface area contributed by atoms with Crippen LogP contribution in [-0.4, -0.2) is 31.2 Å². The molecule has 1 aromatic carbocycles. The number of hydrogen-bond acceptors (Lipinski definition) is 4. The van der Waals surface area contributed by atoms with Crippen LogP contribution in [0.5, 0.6) is 5.75 Å². The Morgan fingerprint density at radius 1 is 1.32 bits per heavy atom. The molecule has 1 aromatic rings. The summed E-state index contributed by atoms with van der Waals surface area (Å²) < 4.78 is 40.8. The van der Waals surface area contributed by atoms with Crippen LogP contribution in [0.2, 0.25) is 0 Å². The maximum atomic E-state index is 12.3. The lowest BCUT2D eigenvalue weighted by molar-refractivity contribution is -0.275. The summed E-state index contributed by atoms with van der Waals surface area (Å²) in [5, 5.41) is 11.7. The molecule has 0 spiro atoms. The van der Waals surface area contributed by atoms with Crippen molar-refractivity contribution < 1.29 is 23.0 Å². The zero-order valence-electron chi connectivity index (χ0n) is 10.3. The summed E-state index contributed by atoms with van der Waals surface area (Å²) in [6.07, 6.45) is -4.24. The lowest BCUT2D eigenvalue weighted by Crippen LogP contribution is -2.30. The molecule has 0 amide bonds. The van der Waals surface area contributed by atoms with Gasteiger partial charge in [-0.3, -0.25) is 0 Å². The van der Waals surface area contributed by atoms with Crippen molar-refractivity contribution in [2.75, 3.05) is 19.7 Å². The molecule has 0 saturated heterocycles. The van der Waals surface area contributed by atoms with Crippen molar-refractivity contribution in [3.63, 3.8) is 0 Å². The number of nitrogens with two attached hydrogens (primary N) is 1. The van der Waals surface area contributed by atoms with Gasteiger partial charge in [0.25, 0.3) is 0 Å². The summed E-state index contributed by atoms with van der Waals surface area (Å²) in [6.45, 7) is 0.591. The number of aliphatic hydroxyl groups excluding tert-OH is 1. The molecule has 4 nitrogen and oxygen atoms in total. The van der Waals surface area contributed by atoms with Gasteiger partial charge >= 0.3 is 6.36 Å². The van der Waals surface area contributed by atoms with E-state index < -0.39 is 12.4 Å². The molecule has 0 fully saturated rings. The van der Waals surface area contributed by atoms with E-state index >= 15 is 0 Å². The summed E-state index contributed by atoms with van der Waals surface area (Å²) >= 11 is 0. The molecule has 4 N–H and O–H groups in total. The van der Waals surface area contributed by atoms with E-state index in [0.717, 1.165) is 0 Å². The van der Waals surface area contributed by atoms with Gasteiger partial charge in [0.05, 0.1) is 0 Å². The van der Waals surface area contributed by atoms with Crippen molar-refractivity contribution in [1.82, 2.24) is 5.32 Å². The standard InChI is InChI=1S/C12H17F3N2O2/c13-12(14,15)19-11-5-2-1-4-9(11)10(8-16)17-6-3-7-18/h1-2,4-5,10,17-18H,3,6-8,16H2. The van der Waals surface area contributed by atoms with Crippen LogP contribution in [0.25, 0.3) is 0 Å². The van der Waals surface area contributed by atoms with Crippen LogP contribution in [0.1, 0.15) is 18.0 Å². The van der Waals surface area contributed by atoms with Gasteiger partial charge in [-0.1, -0.05) is 18.2 Å². The lowest BCUT2D eigenvalue weighted by atomic mass is 10.1. The molecule has 0 aliphatic carbocycles. The normalized spacial score (nSPS) is 13.3. The largest absolute Gasteiger partial charge is 0.573 e. The van der Waals surface area contributed by atoms with Gasteiger partial charge in [-0.05, 0) is 19.0 Å². The van der Waals surface area contributed by atoms with E-state index in [-0.39, 0.29) is 18.9 Å². The molecule has 0 radical (unpaired) electrons. The molecular weight excluding hydrogens is 261 g/mol. The summed E-state index contributed by atoms with van der Waals surface area (Å²) in [5.41, 5.74) is 5.91. The van der Waals surface area contributed by atoms with Crippen LogP contribution < -0.4 is 15.8 Å². The third kappa shape index (κ3) is 5.46. The zero-order chi connectivity index (χ0) is 14.3. The fourth-order valence-corrected chi connectivity index (χ4v) is 1.66. The van der Waals surface area contributed by atoms with Crippen LogP contribution in [-0.2, 0) is 0 Å². The van der Waals surface area contributed by atoms with Crippen LogP contribution in [0.3, 0.4) is 0 Å². The first-order valence-corrected chi connectivity index (χ1v) is 5.87. The molecule has 1 unspecified atom stereocenters. The van der Waals surface area contributed by atoms with Crippen molar-refractivity contribution >= 4 is 0 Å². The second-order valence-corrected chi connectivity index (χ2v) is 3.91. The minimum absolute atomic E-state index is 0.00495. The van der Waals surface area contributed by atoms with Gasteiger partial charge in [0.1, 0.15) is 5.75 Å². The molecule has 1 atom stereocenters. The maximum Gasteiger partial charge on any atom is 0.573 e. The minimum atomic E-state index is -4.74. The van der Waals surface area contributed by atoms with Crippen LogP contribution in [0.4, 0.5) is 13.2 Å². The molecular formula is C12H17F3N2O2. The molecule has 0 aliphatic heterocycles. The van der Waals surface area contributed by atoms with Crippen molar-refractivity contribution in [1.29, 1.82) is 0 Å². The third-order valence-electron chi connectivity index (χ3n) is 2.48. The summed E-state index contributed by atoms with van der Waals surface area (Å²) in [6, 6.07) is 5.41. The highest BCUT2D eigenvalue weighted by Gasteiger charge is 2.32. The smallest absolute Gasteiger partial charge is 0.405 e. The van der Waals surface area contributed by atoms with Crippen molar-refractivity contribution in [3.8, 4) is 5.75 Å². The number of para-hydroxylation sites is 1. The van der Waals surface area contributed by atoms with Crippen molar-refractivity contribution in [2.45, 2.75) is 18.8 Å². The average molecular weight is 278 g/mol. The van der Waals surface area contributed by atoms with Crippen molar-refractivity contribution in [2.24, 2.45) is 5.73 Å². The number of benzene rings is 1. The predicted molar refractivity (Wildman–Crippen MR) is 64.6 cm³/mol. The highest BCUT2D eigenvalue weighted by molar-refractivity contribution is 5.36. The number of hydrogen-bond donors (Lipinski definition) is 3. The van der Waals surface area contributed by atoms with Crippen molar-refractivity contribution in [3.05, 3.63) is 29.8 Å². The first-order valence-electron chi connectivity index (χ1n) is 5.87. The number of nitrogens with one attached hydrogen (secondary N) is 1. The van der Waals surface area contributed by atoms with E-state index in [1.165, 1.54) is 18.2 Å². The molecule has 108 valence electrons. The maximum absolute atomic E-state index is 12.3. The van der Waals surface area contributed by atoms with Crippen LogP contribution in [0, 0.1) is 0 Å². The molecule has 0 heterocycles. The molecule has 1 rings (SSSR count). The number of ether oxygens (including phenoxy) is 1. The molecule has 0 aromatic heterocycles. The predicted octanol–water partition coefficient (Wildman–Crippen LogP) is 1.56. The van der Waals surface area contributed by atoms with Gasteiger partial charge in [-0.2, -0.15) is 0 Å². The van der Waals surface area contributed by atoms with E-state index in [4.69, 9.17) is 10.8 Å². The quantitative estimate of drug-likeness (QED) is 0.662. The fourth-order valence-electron chi connectivity index (χ4n) is 1.66. The first-order chi connectivity index (χ1) is 8.98. The highest BCUT2D eigenvalue weighted by Crippen LogP contribution is 2.29. The zero-order valence-corrected chi connectivity index (χ0v) is 10.3. The van der Waals surface area contributed by atoms with Gasteiger partial charge in [-0.15, -0.1) is 13.2 Å². The second-order valence-electron chi connectivity index (χ2n) is 3.91. The summed E-state index contributed by atoms with van der Waals surface area (Å²) in [7, 11) is 0. The molecule has 7 heteroatoms. The van der Waals surface area contributed by atoms with Crippen LogP contribution in [0.15, 0.2) is 24.3 Å². The highest BCUT2D eigenvalue weighted by atomic mass is 19.4. The monoisotopic (exact) mass is 278 g/mol. The van der Waals surface area contributed by atoms with E-state index in [9.17, 15) is 13.2 Å². The number of rotatable bonds is 7. The Labute approximate surface area is 109 Å². The van der Waals surface area contributed by atoms with E-state index in [0.29, 0.717) is 18.5 Å². The topological polar surface area (TPSA) is 67.5 Å². The second kappa shape index (κ2) is 7.32. The molecule has 19 heavy (non-hydrogen) atoms. The average Bonchev–Trinajstić information content (AvgIpc) is 2.34. The van der Waals surface area contributed by atoms with Gasteiger partial charge in [0.15, 0.2) is 0 Å². The number of alkyl halides is 3. The van der Waals surface area contributed by atoms with Gasteiger partial charge < -0.3 is 20.9 Å². The Balaban J connectivity index is 2.84. The molecule has 0 aliphatic rings. The Bertz CT molecular complexity index is 385. The third-order valence-corrected chi connectivity index (χ3v) is 2.48. The van der Waals surface area contributed by atoms with E-state index in [1.807, 2.05) is 0 Å². The Kier molecular flexibility index (Phi) is 6.07. The van der Waals surface area contributed by atoms with Gasteiger partial charge in [0.2, 0.25) is 0 Å². The SMILES string of the molecule is NCC(NCCCO)c1ccccc1OC(F)(F)F. The number of halogens is 3.